The van der Waals surface area contributed by atoms with Crippen LogP contribution in [0.2, 0.25) is 0 Å². The molecule has 0 atom stereocenters. The summed E-state index contributed by atoms with van der Waals surface area (Å²) in [7, 11) is 2.21. The summed E-state index contributed by atoms with van der Waals surface area (Å²) < 4.78 is 2.15. The highest BCUT2D eigenvalue weighted by molar-refractivity contribution is 5.26. The lowest BCUT2D eigenvalue weighted by Crippen LogP contribution is -2.40. The number of nitrogens with zero attached hydrogens (tertiary/aromatic N) is 3. The SMILES string of the molecule is CCn1ccnc1NCC1(C)CCN(C)CC1. The largest absolute Gasteiger partial charge is 0.355 e. The highest BCUT2D eigenvalue weighted by atomic mass is 15.2. The van der Waals surface area contributed by atoms with Crippen LogP contribution in [-0.4, -0.2) is 41.1 Å². The molecular weight excluding hydrogens is 212 g/mol. The van der Waals surface area contributed by atoms with E-state index in [9.17, 15) is 0 Å². The molecular formula is C13H24N4. The van der Waals surface area contributed by atoms with Crippen molar-refractivity contribution in [3.05, 3.63) is 12.4 Å². The minimum absolute atomic E-state index is 0.414. The van der Waals surface area contributed by atoms with Gasteiger partial charge in [0.2, 0.25) is 5.95 Å². The number of aryl methyl sites for hydroxylation is 1. The molecule has 4 heteroatoms. The molecule has 2 heterocycles. The molecule has 96 valence electrons. The third-order valence-corrected chi connectivity index (χ3v) is 3.92. The van der Waals surface area contributed by atoms with Crippen molar-refractivity contribution in [3.8, 4) is 0 Å². The molecule has 0 bridgehead atoms. The molecule has 1 saturated heterocycles. The Morgan fingerprint density at radius 3 is 2.76 bits per heavy atom. The summed E-state index contributed by atoms with van der Waals surface area (Å²) in [6.45, 7) is 8.94. The molecule has 0 amide bonds. The van der Waals surface area contributed by atoms with E-state index in [1.807, 2.05) is 12.4 Å². The summed E-state index contributed by atoms with van der Waals surface area (Å²) in [5.41, 5.74) is 0.414. The van der Waals surface area contributed by atoms with Crippen LogP contribution >= 0.6 is 0 Å². The molecule has 0 spiro atoms. The maximum absolute atomic E-state index is 4.36. The number of imidazole rings is 1. The van der Waals surface area contributed by atoms with Crippen molar-refractivity contribution in [2.45, 2.75) is 33.2 Å². The van der Waals surface area contributed by atoms with Crippen LogP contribution in [0.3, 0.4) is 0 Å². The van der Waals surface area contributed by atoms with E-state index in [1.165, 1.54) is 25.9 Å². The molecule has 1 aliphatic rings. The van der Waals surface area contributed by atoms with Crippen molar-refractivity contribution in [1.29, 1.82) is 0 Å². The number of piperidine rings is 1. The van der Waals surface area contributed by atoms with Gasteiger partial charge < -0.3 is 14.8 Å². The molecule has 1 N–H and O–H groups in total. The molecule has 1 aliphatic heterocycles. The van der Waals surface area contributed by atoms with Crippen LogP contribution in [-0.2, 0) is 6.54 Å². The molecule has 0 unspecified atom stereocenters. The van der Waals surface area contributed by atoms with Gasteiger partial charge in [0.15, 0.2) is 0 Å². The number of hydrogen-bond donors (Lipinski definition) is 1. The van der Waals surface area contributed by atoms with Crippen LogP contribution in [0, 0.1) is 5.41 Å². The van der Waals surface area contributed by atoms with Crippen molar-refractivity contribution in [2.24, 2.45) is 5.41 Å². The Morgan fingerprint density at radius 1 is 1.41 bits per heavy atom. The Hall–Kier alpha value is -1.03. The molecule has 1 fully saturated rings. The smallest absolute Gasteiger partial charge is 0.202 e. The number of anilines is 1. The van der Waals surface area contributed by atoms with Gasteiger partial charge in [0.05, 0.1) is 0 Å². The van der Waals surface area contributed by atoms with E-state index < -0.39 is 0 Å². The van der Waals surface area contributed by atoms with Crippen molar-refractivity contribution >= 4 is 5.95 Å². The fraction of sp³-hybridized carbons (Fsp3) is 0.769. The fourth-order valence-electron chi connectivity index (χ4n) is 2.36. The zero-order valence-electron chi connectivity index (χ0n) is 11.2. The van der Waals surface area contributed by atoms with Crippen molar-refractivity contribution in [1.82, 2.24) is 14.5 Å². The first-order valence-corrected chi connectivity index (χ1v) is 6.56. The summed E-state index contributed by atoms with van der Waals surface area (Å²) in [5.74, 6) is 1.01. The van der Waals surface area contributed by atoms with Crippen molar-refractivity contribution in [3.63, 3.8) is 0 Å². The molecule has 17 heavy (non-hydrogen) atoms. The van der Waals surface area contributed by atoms with Gasteiger partial charge in [0, 0.05) is 25.5 Å². The molecule has 1 aromatic heterocycles. The molecule has 0 aliphatic carbocycles. The molecule has 0 radical (unpaired) electrons. The lowest BCUT2D eigenvalue weighted by atomic mass is 9.80. The minimum Gasteiger partial charge on any atom is -0.355 e. The van der Waals surface area contributed by atoms with E-state index >= 15 is 0 Å². The standard InChI is InChI=1S/C13H24N4/c1-4-17-10-7-14-12(17)15-11-13(2)5-8-16(3)9-6-13/h7,10H,4-6,8-9,11H2,1-3H3,(H,14,15). The second kappa shape index (κ2) is 5.08. The first-order chi connectivity index (χ1) is 8.13. The van der Waals surface area contributed by atoms with Gasteiger partial charge >= 0.3 is 0 Å². The number of aromatic nitrogens is 2. The van der Waals surface area contributed by atoms with E-state index in [2.05, 4.69) is 40.7 Å². The van der Waals surface area contributed by atoms with Gasteiger partial charge in [-0.3, -0.25) is 0 Å². The molecule has 0 saturated carbocycles. The zero-order valence-corrected chi connectivity index (χ0v) is 11.2. The Morgan fingerprint density at radius 2 is 2.12 bits per heavy atom. The van der Waals surface area contributed by atoms with Crippen molar-refractivity contribution in [2.75, 3.05) is 32.0 Å². The topological polar surface area (TPSA) is 33.1 Å². The highest BCUT2D eigenvalue weighted by Gasteiger charge is 2.28. The summed E-state index contributed by atoms with van der Waals surface area (Å²) in [5, 5.41) is 3.50. The van der Waals surface area contributed by atoms with Crippen LogP contribution in [0.5, 0.6) is 0 Å². The summed E-state index contributed by atoms with van der Waals surface area (Å²) in [4.78, 5) is 6.77. The first kappa shape index (κ1) is 12.4. The maximum atomic E-state index is 4.36. The van der Waals surface area contributed by atoms with Gasteiger partial charge in [0.1, 0.15) is 0 Å². The van der Waals surface area contributed by atoms with Crippen LogP contribution < -0.4 is 5.32 Å². The van der Waals surface area contributed by atoms with Gasteiger partial charge in [0.25, 0.3) is 0 Å². The van der Waals surface area contributed by atoms with Crippen molar-refractivity contribution < 1.29 is 0 Å². The molecule has 1 aromatic rings. The third-order valence-electron chi connectivity index (χ3n) is 3.92. The summed E-state index contributed by atoms with van der Waals surface area (Å²) in [6, 6.07) is 0. The molecule has 2 rings (SSSR count). The van der Waals surface area contributed by atoms with E-state index in [1.54, 1.807) is 0 Å². The van der Waals surface area contributed by atoms with Crippen LogP contribution in [0.25, 0.3) is 0 Å². The van der Waals surface area contributed by atoms with E-state index in [-0.39, 0.29) is 0 Å². The number of nitrogens with one attached hydrogen (secondary N) is 1. The predicted molar refractivity (Wildman–Crippen MR) is 71.2 cm³/mol. The summed E-state index contributed by atoms with van der Waals surface area (Å²) in [6.07, 6.45) is 6.43. The van der Waals surface area contributed by atoms with Gasteiger partial charge in [-0.1, -0.05) is 6.92 Å². The quantitative estimate of drug-likeness (QED) is 0.868. The Labute approximate surface area is 104 Å². The number of rotatable bonds is 4. The average molecular weight is 236 g/mol. The van der Waals surface area contributed by atoms with E-state index in [0.29, 0.717) is 5.41 Å². The Balaban J connectivity index is 1.89. The van der Waals surface area contributed by atoms with Crippen LogP contribution in [0.15, 0.2) is 12.4 Å². The van der Waals surface area contributed by atoms with E-state index in [0.717, 1.165) is 19.0 Å². The molecule has 4 nitrogen and oxygen atoms in total. The Bertz CT molecular complexity index is 350. The zero-order chi connectivity index (χ0) is 12.3. The lowest BCUT2D eigenvalue weighted by Gasteiger charge is -2.38. The maximum Gasteiger partial charge on any atom is 0.202 e. The highest BCUT2D eigenvalue weighted by Crippen LogP contribution is 2.30. The van der Waals surface area contributed by atoms with Gasteiger partial charge in [-0.25, -0.2) is 4.98 Å². The van der Waals surface area contributed by atoms with E-state index in [4.69, 9.17) is 0 Å². The first-order valence-electron chi connectivity index (χ1n) is 6.56. The third kappa shape index (κ3) is 3.00. The fourth-order valence-corrected chi connectivity index (χ4v) is 2.36. The monoisotopic (exact) mass is 236 g/mol. The van der Waals surface area contributed by atoms with Gasteiger partial charge in [-0.15, -0.1) is 0 Å². The molecule has 0 aromatic carbocycles. The normalized spacial score (nSPS) is 20.4. The van der Waals surface area contributed by atoms with Crippen LogP contribution in [0.4, 0.5) is 5.95 Å². The van der Waals surface area contributed by atoms with Gasteiger partial charge in [-0.2, -0.15) is 0 Å². The lowest BCUT2D eigenvalue weighted by molar-refractivity contribution is 0.150. The second-order valence-corrected chi connectivity index (χ2v) is 5.50. The van der Waals surface area contributed by atoms with Gasteiger partial charge in [-0.05, 0) is 45.3 Å². The summed E-state index contributed by atoms with van der Waals surface area (Å²) >= 11 is 0. The minimum atomic E-state index is 0.414. The average Bonchev–Trinajstić information content (AvgIpc) is 2.78. The number of hydrogen-bond acceptors (Lipinski definition) is 3. The number of likely N-dealkylation sites (tertiary alicyclic amines) is 1. The predicted octanol–water partition coefficient (Wildman–Crippen LogP) is 2.05. The van der Waals surface area contributed by atoms with Crippen LogP contribution in [0.1, 0.15) is 26.7 Å². The second-order valence-electron chi connectivity index (χ2n) is 5.50. The Kier molecular flexibility index (Phi) is 3.72.